The van der Waals surface area contributed by atoms with Crippen LogP contribution in [0.2, 0.25) is 0 Å². The van der Waals surface area contributed by atoms with Gasteiger partial charge in [-0.15, -0.1) is 0 Å². The summed E-state index contributed by atoms with van der Waals surface area (Å²) >= 11 is 0. The predicted octanol–water partition coefficient (Wildman–Crippen LogP) is 1.82. The molecule has 0 aliphatic carbocycles. The monoisotopic (exact) mass is 194 g/mol. The number of ether oxygens (including phenoxy) is 1. The van der Waals surface area contributed by atoms with E-state index in [0.717, 1.165) is 6.29 Å². The van der Waals surface area contributed by atoms with Crippen molar-refractivity contribution in [1.82, 2.24) is 0 Å². The summed E-state index contributed by atoms with van der Waals surface area (Å²) in [6.07, 6.45) is -0.239. The van der Waals surface area contributed by atoms with Crippen LogP contribution in [0, 0.1) is 0 Å². The van der Waals surface area contributed by atoms with Gasteiger partial charge in [-0.25, -0.2) is 4.89 Å². The van der Waals surface area contributed by atoms with Crippen LogP contribution < -0.4 is 0 Å². The molecule has 74 valence electrons. The van der Waals surface area contributed by atoms with Crippen molar-refractivity contribution >= 4 is 6.29 Å². The molecule has 1 aromatic rings. The van der Waals surface area contributed by atoms with Crippen LogP contribution in [-0.2, 0) is 14.5 Å². The van der Waals surface area contributed by atoms with Gasteiger partial charge >= 0.3 is 0 Å². The summed E-state index contributed by atoms with van der Waals surface area (Å²) in [7, 11) is 0. The molecule has 4 nitrogen and oxygen atoms in total. The maximum absolute atomic E-state index is 10.7. The Morgan fingerprint density at radius 2 is 2.07 bits per heavy atom. The molecule has 4 heteroatoms. The molecule has 0 amide bonds. The van der Waals surface area contributed by atoms with E-state index in [9.17, 15) is 4.79 Å². The molecule has 0 aromatic heterocycles. The molecule has 0 spiro atoms. The van der Waals surface area contributed by atoms with E-state index >= 15 is 0 Å². The van der Waals surface area contributed by atoms with E-state index in [1.165, 1.54) is 0 Å². The maximum Gasteiger partial charge on any atom is 0.220 e. The zero-order chi connectivity index (χ0) is 9.97. The van der Waals surface area contributed by atoms with Gasteiger partial charge in [0.2, 0.25) is 6.29 Å². The van der Waals surface area contributed by atoms with Gasteiger partial charge in [-0.3, -0.25) is 4.79 Å². The van der Waals surface area contributed by atoms with E-state index in [1.807, 2.05) is 6.07 Å². The normalized spacial score (nSPS) is 26.4. The second kappa shape index (κ2) is 3.88. The van der Waals surface area contributed by atoms with Crippen molar-refractivity contribution in [1.29, 1.82) is 0 Å². The number of hydrogen-bond donors (Lipinski definition) is 0. The van der Waals surface area contributed by atoms with Crippen LogP contribution in [0.4, 0.5) is 0 Å². The summed E-state index contributed by atoms with van der Waals surface area (Å²) in [6.45, 7) is 1.73. The van der Waals surface area contributed by atoms with Crippen LogP contribution in [0.5, 0.6) is 0 Å². The molecule has 14 heavy (non-hydrogen) atoms. The number of rotatable bonds is 2. The smallest absolute Gasteiger partial charge is 0.220 e. The van der Waals surface area contributed by atoms with Crippen molar-refractivity contribution < 1.29 is 19.3 Å². The second-order valence-corrected chi connectivity index (χ2v) is 2.97. The van der Waals surface area contributed by atoms with Gasteiger partial charge in [0.15, 0.2) is 12.6 Å². The molecule has 2 rings (SSSR count). The Hall–Kier alpha value is -1.23. The third kappa shape index (κ3) is 1.68. The average Bonchev–Trinajstić information content (AvgIpc) is 2.65. The lowest BCUT2D eigenvalue weighted by molar-refractivity contribution is -0.295. The van der Waals surface area contributed by atoms with Gasteiger partial charge in [-0.05, 0) is 6.92 Å². The lowest BCUT2D eigenvalue weighted by Crippen LogP contribution is -2.04. The SMILES string of the molecule is CC1OOC(c2ccccc2C=O)O1. The summed E-state index contributed by atoms with van der Waals surface area (Å²) < 4.78 is 5.29. The van der Waals surface area contributed by atoms with Gasteiger partial charge in [0.25, 0.3) is 0 Å². The minimum Gasteiger partial charge on any atom is -0.314 e. The lowest BCUT2D eigenvalue weighted by Gasteiger charge is -2.08. The number of benzene rings is 1. The van der Waals surface area contributed by atoms with E-state index in [0.29, 0.717) is 11.1 Å². The molecule has 2 atom stereocenters. The Kier molecular flexibility index (Phi) is 2.58. The number of aldehydes is 1. The molecular weight excluding hydrogens is 184 g/mol. The van der Waals surface area contributed by atoms with Crippen molar-refractivity contribution in [3.05, 3.63) is 35.4 Å². The van der Waals surface area contributed by atoms with Crippen molar-refractivity contribution in [3.63, 3.8) is 0 Å². The minimum absolute atomic E-state index is 0.403. The van der Waals surface area contributed by atoms with Gasteiger partial charge < -0.3 is 4.74 Å². The van der Waals surface area contributed by atoms with Crippen molar-refractivity contribution in [2.75, 3.05) is 0 Å². The van der Waals surface area contributed by atoms with Crippen LogP contribution in [0.3, 0.4) is 0 Å². The van der Waals surface area contributed by atoms with Gasteiger partial charge in [0, 0.05) is 11.1 Å². The standard InChI is InChI=1S/C10H10O4/c1-7-12-10(14-13-7)9-5-3-2-4-8(9)6-11/h2-7,10H,1H3. The van der Waals surface area contributed by atoms with Gasteiger partial charge in [0.05, 0.1) is 0 Å². The van der Waals surface area contributed by atoms with E-state index in [2.05, 4.69) is 0 Å². The van der Waals surface area contributed by atoms with Crippen LogP contribution in [0.25, 0.3) is 0 Å². The zero-order valence-corrected chi connectivity index (χ0v) is 7.67. The molecule has 1 aliphatic rings. The Bertz CT molecular complexity index is 337. The van der Waals surface area contributed by atoms with Gasteiger partial charge in [-0.1, -0.05) is 24.3 Å². The molecule has 1 fully saturated rings. The molecule has 1 aromatic carbocycles. The molecule has 0 radical (unpaired) electrons. The third-order valence-electron chi connectivity index (χ3n) is 1.97. The largest absolute Gasteiger partial charge is 0.314 e. The van der Waals surface area contributed by atoms with Crippen LogP contribution in [0.1, 0.15) is 29.1 Å². The number of carbonyl (C=O) groups is 1. The Morgan fingerprint density at radius 1 is 1.29 bits per heavy atom. The van der Waals surface area contributed by atoms with Crippen LogP contribution in [-0.4, -0.2) is 12.6 Å². The van der Waals surface area contributed by atoms with Crippen molar-refractivity contribution in [2.45, 2.75) is 19.5 Å². The number of carbonyl (C=O) groups excluding carboxylic acids is 1. The Morgan fingerprint density at radius 3 is 2.71 bits per heavy atom. The van der Waals surface area contributed by atoms with E-state index in [4.69, 9.17) is 14.5 Å². The molecule has 1 aliphatic heterocycles. The Balaban J connectivity index is 2.27. The molecular formula is C10H10O4. The topological polar surface area (TPSA) is 44.8 Å². The molecule has 0 N–H and O–H groups in total. The fourth-order valence-corrected chi connectivity index (χ4v) is 1.31. The molecule has 1 saturated heterocycles. The highest BCUT2D eigenvalue weighted by atomic mass is 17.3. The quantitative estimate of drug-likeness (QED) is 0.532. The average molecular weight is 194 g/mol. The van der Waals surface area contributed by atoms with Crippen molar-refractivity contribution in [2.24, 2.45) is 0 Å². The highest BCUT2D eigenvalue weighted by Gasteiger charge is 2.27. The summed E-state index contributed by atoms with van der Waals surface area (Å²) in [6, 6.07) is 7.08. The maximum atomic E-state index is 10.7. The van der Waals surface area contributed by atoms with E-state index in [1.54, 1.807) is 25.1 Å². The van der Waals surface area contributed by atoms with Crippen LogP contribution in [0.15, 0.2) is 24.3 Å². The molecule has 0 saturated carbocycles. The highest BCUT2D eigenvalue weighted by Crippen LogP contribution is 2.29. The predicted molar refractivity (Wildman–Crippen MR) is 47.3 cm³/mol. The summed E-state index contributed by atoms with van der Waals surface area (Å²) in [5.74, 6) is 0. The first-order valence-electron chi connectivity index (χ1n) is 4.33. The lowest BCUT2D eigenvalue weighted by atomic mass is 10.1. The van der Waals surface area contributed by atoms with Crippen LogP contribution >= 0.6 is 0 Å². The fourth-order valence-electron chi connectivity index (χ4n) is 1.31. The first-order valence-corrected chi connectivity index (χ1v) is 4.33. The molecule has 0 bridgehead atoms. The van der Waals surface area contributed by atoms with Crippen molar-refractivity contribution in [3.8, 4) is 0 Å². The second-order valence-electron chi connectivity index (χ2n) is 2.97. The zero-order valence-electron chi connectivity index (χ0n) is 7.67. The van der Waals surface area contributed by atoms with E-state index in [-0.39, 0.29) is 0 Å². The van der Waals surface area contributed by atoms with E-state index < -0.39 is 12.6 Å². The fraction of sp³-hybridized carbons (Fsp3) is 0.300. The summed E-state index contributed by atoms with van der Waals surface area (Å²) in [5.41, 5.74) is 1.24. The summed E-state index contributed by atoms with van der Waals surface area (Å²) in [5, 5.41) is 0. The summed E-state index contributed by atoms with van der Waals surface area (Å²) in [4.78, 5) is 20.4. The minimum atomic E-state index is -0.605. The molecule has 1 heterocycles. The Labute approximate surface area is 81.3 Å². The first-order chi connectivity index (χ1) is 6.81. The third-order valence-corrected chi connectivity index (χ3v) is 1.97. The van der Waals surface area contributed by atoms with Gasteiger partial charge in [-0.2, -0.15) is 4.89 Å². The highest BCUT2D eigenvalue weighted by molar-refractivity contribution is 5.77. The molecule has 2 unspecified atom stereocenters. The first kappa shape index (κ1) is 9.33. The number of hydrogen-bond acceptors (Lipinski definition) is 4. The van der Waals surface area contributed by atoms with Gasteiger partial charge in [0.1, 0.15) is 0 Å².